The van der Waals surface area contributed by atoms with Gasteiger partial charge in [-0.25, -0.2) is 0 Å². The molecule has 0 bridgehead atoms. The third-order valence-corrected chi connectivity index (χ3v) is 26.2. The minimum atomic E-state index is -0.583. The monoisotopic (exact) mass is 1520 g/mol. The van der Waals surface area contributed by atoms with Gasteiger partial charge in [0.05, 0.1) is 27.8 Å². The van der Waals surface area contributed by atoms with E-state index in [1.165, 1.54) is 105 Å². The standard InChI is InChI=1S/C115H90BN3/c1-112(2,3)83-62-80(63-84(69-83)113(4,5)6)79-56-59-99-103(68-79)118(110-92(75-40-20-12-21-41-75)64-81(73-36-16-10-17-37-73)65-93(110)76-42-22-13-23-43-76)105-70-85(114(7,8)9)71-106-109(105)116(99)100-60-57-86(72-104(100)119(106)111-94(77-44-24-14-25-45-77)66-82(74-38-18-11-19-39-74)67-95(111)78-46-26-15-27-47-78)117-101-55-35-31-51-91(101)107-102(117)61-58-90-89-50-30-34-54-98(89)115(108(90)107)96-52-32-28-48-87(96)88-49-29-33-53-97(88)115/h10-72H,1-9H3. The van der Waals surface area contributed by atoms with E-state index in [4.69, 9.17) is 0 Å². The van der Waals surface area contributed by atoms with Gasteiger partial charge in [-0.2, -0.15) is 0 Å². The van der Waals surface area contributed by atoms with Gasteiger partial charge >= 0.3 is 0 Å². The van der Waals surface area contributed by atoms with E-state index in [2.05, 4.69) is 459 Å². The Hall–Kier alpha value is -13.8. The van der Waals surface area contributed by atoms with E-state index in [9.17, 15) is 0 Å². The third kappa shape index (κ3) is 11.2. The van der Waals surface area contributed by atoms with Crippen molar-refractivity contribution in [3.8, 4) is 106 Å². The third-order valence-electron chi connectivity index (χ3n) is 26.2. The summed E-state index contributed by atoms with van der Waals surface area (Å²) in [5.74, 6) is 0. The summed E-state index contributed by atoms with van der Waals surface area (Å²) < 4.78 is 2.61. The quantitative estimate of drug-likeness (QED) is 0.126. The van der Waals surface area contributed by atoms with Crippen molar-refractivity contribution in [2.75, 3.05) is 9.80 Å². The highest BCUT2D eigenvalue weighted by atomic mass is 15.2. The fourth-order valence-corrected chi connectivity index (χ4v) is 20.5. The lowest BCUT2D eigenvalue weighted by Gasteiger charge is -2.46. The molecule has 0 saturated heterocycles. The van der Waals surface area contributed by atoms with Crippen LogP contribution in [0.25, 0.3) is 128 Å². The Morgan fingerprint density at radius 3 is 1.04 bits per heavy atom. The molecule has 119 heavy (non-hydrogen) atoms. The maximum atomic E-state index is 2.75. The summed E-state index contributed by atoms with van der Waals surface area (Å²) in [5, 5.41) is 2.50. The summed E-state index contributed by atoms with van der Waals surface area (Å²) in [4.78, 5) is 5.50. The fourth-order valence-electron chi connectivity index (χ4n) is 20.5. The molecule has 2 aliphatic heterocycles. The van der Waals surface area contributed by atoms with Crippen molar-refractivity contribution in [1.29, 1.82) is 0 Å². The van der Waals surface area contributed by atoms with E-state index >= 15 is 0 Å². The molecule has 22 rings (SSSR count). The molecule has 3 nitrogen and oxygen atoms in total. The van der Waals surface area contributed by atoms with Gasteiger partial charge in [-0.1, -0.05) is 378 Å². The molecule has 0 atom stereocenters. The van der Waals surface area contributed by atoms with Crippen LogP contribution in [-0.2, 0) is 21.7 Å². The Labute approximate surface area is 699 Å². The van der Waals surface area contributed by atoms with Crippen LogP contribution in [0.5, 0.6) is 0 Å². The summed E-state index contributed by atoms with van der Waals surface area (Å²) in [7, 11) is 0. The molecular weight excluding hydrogens is 1430 g/mol. The number of aromatic nitrogens is 1. The number of nitrogens with zero attached hydrogens (tertiary/aromatic N) is 3. The van der Waals surface area contributed by atoms with Crippen molar-refractivity contribution in [2.24, 2.45) is 0 Å². The molecule has 0 unspecified atom stereocenters. The van der Waals surface area contributed by atoms with Crippen molar-refractivity contribution in [3.05, 3.63) is 421 Å². The first-order valence-electron chi connectivity index (χ1n) is 42.2. The average molecular weight is 1520 g/mol. The molecule has 0 N–H and O–H groups in total. The maximum Gasteiger partial charge on any atom is 0.252 e. The zero-order chi connectivity index (χ0) is 80.4. The number of para-hydroxylation sites is 1. The second kappa shape index (κ2) is 27.1. The van der Waals surface area contributed by atoms with Crippen molar-refractivity contribution >= 4 is 79.0 Å². The zero-order valence-electron chi connectivity index (χ0n) is 68.8. The Morgan fingerprint density at radius 1 is 0.244 bits per heavy atom. The van der Waals surface area contributed by atoms with E-state index in [-0.39, 0.29) is 23.0 Å². The first-order chi connectivity index (χ1) is 57.9. The van der Waals surface area contributed by atoms with E-state index in [1.54, 1.807) is 0 Å². The molecule has 18 aromatic rings. The van der Waals surface area contributed by atoms with Crippen LogP contribution < -0.4 is 26.2 Å². The van der Waals surface area contributed by atoms with Crippen molar-refractivity contribution in [2.45, 2.75) is 84.0 Å². The summed E-state index contributed by atoms with van der Waals surface area (Å²) in [6.07, 6.45) is 0. The number of hydrogen-bond donors (Lipinski definition) is 0. The van der Waals surface area contributed by atoms with Gasteiger partial charge in [0.25, 0.3) is 6.71 Å². The van der Waals surface area contributed by atoms with Crippen LogP contribution in [-0.4, -0.2) is 11.3 Å². The van der Waals surface area contributed by atoms with Crippen molar-refractivity contribution in [3.63, 3.8) is 0 Å². The average Bonchev–Trinajstić information content (AvgIpc) is 1.50. The molecule has 568 valence electrons. The van der Waals surface area contributed by atoms with E-state index in [1.807, 2.05) is 0 Å². The summed E-state index contributed by atoms with van der Waals surface area (Å²) in [6, 6.07) is 147. The van der Waals surface area contributed by atoms with Gasteiger partial charge in [0.15, 0.2) is 0 Å². The lowest BCUT2D eigenvalue weighted by molar-refractivity contribution is 0.569. The van der Waals surface area contributed by atoms with E-state index in [0.717, 1.165) is 112 Å². The van der Waals surface area contributed by atoms with Crippen molar-refractivity contribution in [1.82, 2.24) is 4.57 Å². The minimum Gasteiger partial charge on any atom is -0.310 e. The molecule has 0 fully saturated rings. The maximum absolute atomic E-state index is 2.75. The predicted octanol–water partition coefficient (Wildman–Crippen LogP) is 28.8. The van der Waals surface area contributed by atoms with Crippen LogP contribution in [0, 0.1) is 0 Å². The van der Waals surface area contributed by atoms with Gasteiger partial charge in [0.1, 0.15) is 0 Å². The SMILES string of the molecule is CC(C)(C)c1cc(-c2ccc3c(c2)N(c2c(-c4ccccc4)cc(-c4ccccc4)cc2-c2ccccc2)c2cc(C(C)(C)C)cc4c2B3c2ccc(-n3c5ccccc5c5c6c(ccc53)-c3ccccc3C63c5ccccc5-c5ccccc53)cc2N4c2c(-c3ccccc3)cc(-c3ccccc3)cc2-c2ccccc2)cc(C(C)(C)C)c1. The molecule has 2 aliphatic carbocycles. The molecule has 0 saturated carbocycles. The highest BCUT2D eigenvalue weighted by Gasteiger charge is 2.53. The molecular formula is C115H90BN3. The number of benzene rings is 17. The van der Waals surface area contributed by atoms with Gasteiger partial charge in [-0.05, 0) is 216 Å². The molecule has 4 heteroatoms. The number of anilines is 6. The van der Waals surface area contributed by atoms with Crippen LogP contribution >= 0.6 is 0 Å². The minimum absolute atomic E-state index is 0.120. The molecule has 17 aromatic carbocycles. The van der Waals surface area contributed by atoms with Crippen molar-refractivity contribution < 1.29 is 0 Å². The van der Waals surface area contributed by atoms with E-state index in [0.29, 0.717) is 0 Å². The summed E-state index contributed by atoms with van der Waals surface area (Å²) in [6.45, 7) is 21.1. The van der Waals surface area contributed by atoms with Crippen LogP contribution in [0.2, 0.25) is 0 Å². The predicted molar refractivity (Wildman–Crippen MR) is 505 cm³/mol. The molecule has 4 aliphatic rings. The molecule has 1 spiro atoms. The second-order valence-corrected chi connectivity index (χ2v) is 36.3. The molecule has 0 amide bonds. The van der Waals surface area contributed by atoms with Gasteiger partial charge in [0, 0.05) is 61.5 Å². The van der Waals surface area contributed by atoms with Gasteiger partial charge in [-0.15, -0.1) is 0 Å². The van der Waals surface area contributed by atoms with E-state index < -0.39 is 5.41 Å². The highest BCUT2D eigenvalue weighted by molar-refractivity contribution is 7.00. The lowest BCUT2D eigenvalue weighted by atomic mass is 9.33. The van der Waals surface area contributed by atoms with Gasteiger partial charge in [0.2, 0.25) is 0 Å². The van der Waals surface area contributed by atoms with Crippen LogP contribution in [0.1, 0.15) is 101 Å². The fraction of sp³-hybridized carbons (Fsp3) is 0.113. The molecule has 3 heterocycles. The van der Waals surface area contributed by atoms with Crippen LogP contribution in [0.15, 0.2) is 382 Å². The summed E-state index contributed by atoms with van der Waals surface area (Å²) in [5.41, 5.74) is 43.1. The number of fused-ring (bicyclic) bond motifs is 18. The molecule has 0 radical (unpaired) electrons. The zero-order valence-corrected chi connectivity index (χ0v) is 68.8. The normalized spacial score (nSPS) is 13.4. The first-order valence-corrected chi connectivity index (χ1v) is 42.2. The Bertz CT molecular complexity index is 6920. The summed E-state index contributed by atoms with van der Waals surface area (Å²) >= 11 is 0. The smallest absolute Gasteiger partial charge is 0.252 e. The topological polar surface area (TPSA) is 11.4 Å². The largest absolute Gasteiger partial charge is 0.310 e. The van der Waals surface area contributed by atoms with Gasteiger partial charge < -0.3 is 14.4 Å². The van der Waals surface area contributed by atoms with Gasteiger partial charge in [-0.3, -0.25) is 0 Å². The Kier molecular flexibility index (Phi) is 16.4. The highest BCUT2D eigenvalue weighted by Crippen LogP contribution is 2.66. The van der Waals surface area contributed by atoms with Crippen LogP contribution in [0.4, 0.5) is 34.1 Å². The second-order valence-electron chi connectivity index (χ2n) is 36.3. The Morgan fingerprint density at radius 2 is 0.605 bits per heavy atom. The first kappa shape index (κ1) is 71.7. The Balaban J connectivity index is 0.900. The molecule has 1 aromatic heterocycles. The number of hydrogen-bond acceptors (Lipinski definition) is 2. The number of rotatable bonds is 10. The van der Waals surface area contributed by atoms with Crippen LogP contribution in [0.3, 0.4) is 0 Å². The lowest BCUT2D eigenvalue weighted by Crippen LogP contribution is -2.61.